The fourth-order valence-corrected chi connectivity index (χ4v) is 2.97. The Kier molecular flexibility index (Phi) is 4.16. The van der Waals surface area contributed by atoms with Crippen molar-refractivity contribution < 1.29 is 4.79 Å². The molecule has 3 atom stereocenters. The van der Waals surface area contributed by atoms with E-state index in [4.69, 9.17) is 5.73 Å². The zero-order chi connectivity index (χ0) is 14.7. The first-order chi connectivity index (χ1) is 10.3. The number of benzene rings is 2. The summed E-state index contributed by atoms with van der Waals surface area (Å²) in [6, 6.07) is 20.3. The van der Waals surface area contributed by atoms with Gasteiger partial charge >= 0.3 is 0 Å². The third-order valence-electron chi connectivity index (χ3n) is 4.36. The predicted molar refractivity (Wildman–Crippen MR) is 84.9 cm³/mol. The highest BCUT2D eigenvalue weighted by molar-refractivity contribution is 5.85. The van der Waals surface area contributed by atoms with Gasteiger partial charge in [-0.25, -0.2) is 0 Å². The van der Waals surface area contributed by atoms with Gasteiger partial charge in [0.2, 0.25) is 0 Å². The lowest BCUT2D eigenvalue weighted by Gasteiger charge is -2.11. The van der Waals surface area contributed by atoms with Gasteiger partial charge in [-0.2, -0.15) is 0 Å². The summed E-state index contributed by atoms with van der Waals surface area (Å²) in [5.74, 6) is 1.03. The number of nitrogens with two attached hydrogens (primary N) is 1. The Morgan fingerprint density at radius 1 is 1.05 bits per heavy atom. The molecule has 3 unspecified atom stereocenters. The van der Waals surface area contributed by atoms with Crippen LogP contribution in [0.4, 0.5) is 0 Å². The fourth-order valence-electron chi connectivity index (χ4n) is 2.97. The van der Waals surface area contributed by atoms with E-state index < -0.39 is 0 Å². The molecule has 0 amide bonds. The van der Waals surface area contributed by atoms with Gasteiger partial charge in [-0.1, -0.05) is 60.7 Å². The molecule has 1 aliphatic rings. The highest BCUT2D eigenvalue weighted by atomic mass is 16.1. The molecule has 21 heavy (non-hydrogen) atoms. The number of carbonyl (C=O) groups excluding carboxylic acids is 1. The standard InChI is InChI=1S/C19H21NO/c20-18(15-9-5-2-6-10-15)11-12-19(21)17-13-16(17)14-7-3-1-4-8-14/h1-10,16-18H,11-13,20H2. The van der Waals surface area contributed by atoms with Crippen molar-refractivity contribution >= 4 is 5.78 Å². The van der Waals surface area contributed by atoms with Crippen LogP contribution in [-0.4, -0.2) is 5.78 Å². The molecule has 1 saturated carbocycles. The highest BCUT2D eigenvalue weighted by Crippen LogP contribution is 2.48. The molecular formula is C19H21NO. The van der Waals surface area contributed by atoms with Crippen molar-refractivity contribution in [3.05, 3.63) is 71.8 Å². The summed E-state index contributed by atoms with van der Waals surface area (Å²) in [7, 11) is 0. The zero-order valence-corrected chi connectivity index (χ0v) is 12.1. The van der Waals surface area contributed by atoms with E-state index in [9.17, 15) is 4.79 Å². The topological polar surface area (TPSA) is 43.1 Å². The Bertz CT molecular complexity index is 593. The molecule has 0 saturated heterocycles. The molecule has 2 N–H and O–H groups in total. The molecule has 1 aliphatic carbocycles. The lowest BCUT2D eigenvalue weighted by Crippen LogP contribution is -2.13. The van der Waals surface area contributed by atoms with Crippen molar-refractivity contribution in [2.45, 2.75) is 31.2 Å². The van der Waals surface area contributed by atoms with Crippen LogP contribution >= 0.6 is 0 Å². The molecule has 108 valence electrons. The second kappa shape index (κ2) is 6.23. The minimum Gasteiger partial charge on any atom is -0.324 e. The van der Waals surface area contributed by atoms with E-state index in [1.54, 1.807) is 0 Å². The van der Waals surface area contributed by atoms with Crippen molar-refractivity contribution in [3.8, 4) is 0 Å². The number of hydrogen-bond donors (Lipinski definition) is 1. The van der Waals surface area contributed by atoms with E-state index in [1.807, 2.05) is 48.5 Å². The molecule has 2 aromatic rings. The molecule has 0 aliphatic heterocycles. The van der Waals surface area contributed by atoms with Gasteiger partial charge in [0.15, 0.2) is 0 Å². The summed E-state index contributed by atoms with van der Waals surface area (Å²) < 4.78 is 0. The van der Waals surface area contributed by atoms with Crippen LogP contribution in [0.2, 0.25) is 0 Å². The Morgan fingerprint density at radius 2 is 1.67 bits per heavy atom. The Balaban J connectivity index is 1.50. The summed E-state index contributed by atoms with van der Waals surface area (Å²) in [5.41, 5.74) is 8.56. The lowest BCUT2D eigenvalue weighted by atomic mass is 9.99. The molecule has 3 rings (SSSR count). The zero-order valence-electron chi connectivity index (χ0n) is 12.1. The summed E-state index contributed by atoms with van der Waals surface area (Å²) in [6.07, 6.45) is 2.33. The van der Waals surface area contributed by atoms with Crippen LogP contribution in [0.3, 0.4) is 0 Å². The lowest BCUT2D eigenvalue weighted by molar-refractivity contribution is -0.120. The van der Waals surface area contributed by atoms with Crippen molar-refractivity contribution in [1.82, 2.24) is 0 Å². The second-order valence-corrected chi connectivity index (χ2v) is 5.88. The number of Topliss-reactive ketones (excluding diaryl/α,β-unsaturated/α-hetero) is 1. The molecule has 1 fully saturated rings. The van der Waals surface area contributed by atoms with Crippen molar-refractivity contribution in [2.24, 2.45) is 11.7 Å². The average molecular weight is 279 g/mol. The highest BCUT2D eigenvalue weighted by Gasteiger charge is 2.42. The Labute approximate surface area is 126 Å². The summed E-state index contributed by atoms with van der Waals surface area (Å²) in [5, 5.41) is 0. The summed E-state index contributed by atoms with van der Waals surface area (Å²) in [4.78, 5) is 12.3. The van der Waals surface area contributed by atoms with Crippen molar-refractivity contribution in [1.29, 1.82) is 0 Å². The van der Waals surface area contributed by atoms with Crippen molar-refractivity contribution in [3.63, 3.8) is 0 Å². The average Bonchev–Trinajstić information content (AvgIpc) is 3.35. The first-order valence-electron chi connectivity index (χ1n) is 7.64. The largest absolute Gasteiger partial charge is 0.324 e. The molecule has 2 aromatic carbocycles. The number of carbonyl (C=O) groups is 1. The molecule has 0 heterocycles. The van der Waals surface area contributed by atoms with Crippen LogP contribution in [0.1, 0.15) is 42.3 Å². The van der Waals surface area contributed by atoms with E-state index in [1.165, 1.54) is 5.56 Å². The molecular weight excluding hydrogens is 258 g/mol. The smallest absolute Gasteiger partial charge is 0.136 e. The number of rotatable bonds is 6. The number of hydrogen-bond acceptors (Lipinski definition) is 2. The molecule has 2 nitrogen and oxygen atoms in total. The maximum atomic E-state index is 12.3. The normalized spacial score (nSPS) is 21.8. The van der Waals surface area contributed by atoms with Gasteiger partial charge in [-0.05, 0) is 29.9 Å². The first-order valence-corrected chi connectivity index (χ1v) is 7.64. The van der Waals surface area contributed by atoms with Crippen LogP contribution in [0.15, 0.2) is 60.7 Å². The third-order valence-corrected chi connectivity index (χ3v) is 4.36. The molecule has 0 radical (unpaired) electrons. The Hall–Kier alpha value is -1.93. The maximum absolute atomic E-state index is 12.3. The van der Waals surface area contributed by atoms with Crippen molar-refractivity contribution in [2.75, 3.05) is 0 Å². The van der Waals surface area contributed by atoms with Gasteiger partial charge < -0.3 is 5.73 Å². The van der Waals surface area contributed by atoms with Crippen LogP contribution in [0.25, 0.3) is 0 Å². The molecule has 0 spiro atoms. The maximum Gasteiger partial charge on any atom is 0.136 e. The van der Waals surface area contributed by atoms with Gasteiger partial charge in [0, 0.05) is 18.4 Å². The van der Waals surface area contributed by atoms with Gasteiger partial charge in [-0.3, -0.25) is 4.79 Å². The van der Waals surface area contributed by atoms with E-state index >= 15 is 0 Å². The van der Waals surface area contributed by atoms with Gasteiger partial charge in [0.25, 0.3) is 0 Å². The molecule has 0 aromatic heterocycles. The summed E-state index contributed by atoms with van der Waals surface area (Å²) in [6.45, 7) is 0. The van der Waals surface area contributed by atoms with E-state index in [2.05, 4.69) is 12.1 Å². The minimum absolute atomic E-state index is 0.0379. The van der Waals surface area contributed by atoms with Gasteiger partial charge in [0.05, 0.1) is 0 Å². The SMILES string of the molecule is NC(CCC(=O)C1CC1c1ccccc1)c1ccccc1. The Morgan fingerprint density at radius 3 is 2.33 bits per heavy atom. The number of ketones is 1. The van der Waals surface area contributed by atoms with Gasteiger partial charge in [-0.15, -0.1) is 0 Å². The fraction of sp³-hybridized carbons (Fsp3) is 0.316. The van der Waals surface area contributed by atoms with Gasteiger partial charge in [0.1, 0.15) is 5.78 Å². The van der Waals surface area contributed by atoms with Crippen LogP contribution in [-0.2, 0) is 4.79 Å². The summed E-state index contributed by atoms with van der Waals surface area (Å²) >= 11 is 0. The van der Waals surface area contributed by atoms with Crippen LogP contribution < -0.4 is 5.73 Å². The molecule has 2 heteroatoms. The first kappa shape index (κ1) is 14.0. The van der Waals surface area contributed by atoms with E-state index in [0.29, 0.717) is 18.1 Å². The van der Waals surface area contributed by atoms with Crippen LogP contribution in [0, 0.1) is 5.92 Å². The quantitative estimate of drug-likeness (QED) is 0.873. The predicted octanol–water partition coefficient (Wildman–Crippen LogP) is 3.84. The third kappa shape index (κ3) is 3.40. The van der Waals surface area contributed by atoms with E-state index in [0.717, 1.165) is 18.4 Å². The minimum atomic E-state index is -0.0379. The van der Waals surface area contributed by atoms with Crippen LogP contribution in [0.5, 0.6) is 0 Å². The monoisotopic (exact) mass is 279 g/mol. The van der Waals surface area contributed by atoms with E-state index in [-0.39, 0.29) is 12.0 Å². The second-order valence-electron chi connectivity index (χ2n) is 5.88. The molecule has 0 bridgehead atoms.